The number of rotatable bonds is 4. The van der Waals surface area contributed by atoms with E-state index in [1.165, 1.54) is 19.3 Å². The Kier molecular flexibility index (Phi) is 4.08. The number of carboxylic acid groups (broad SMARTS) is 1. The maximum absolute atomic E-state index is 11.4. The predicted molar refractivity (Wildman–Crippen MR) is 73.0 cm³/mol. The SMILES string of the molecule is CCc1c(C(=O)O)c(C=O)n(C)c1C1CCCCC1. The second-order valence-electron chi connectivity index (χ2n) is 5.29. The maximum atomic E-state index is 11.4. The highest BCUT2D eigenvalue weighted by Gasteiger charge is 2.29. The van der Waals surface area contributed by atoms with Crippen molar-refractivity contribution in [2.24, 2.45) is 7.05 Å². The van der Waals surface area contributed by atoms with Gasteiger partial charge in [-0.1, -0.05) is 26.2 Å². The van der Waals surface area contributed by atoms with Crippen LogP contribution in [0.1, 0.15) is 77.0 Å². The van der Waals surface area contributed by atoms with Gasteiger partial charge in [0.15, 0.2) is 6.29 Å². The second-order valence-corrected chi connectivity index (χ2v) is 5.29. The van der Waals surface area contributed by atoms with Gasteiger partial charge in [-0.05, 0) is 30.7 Å². The molecule has 1 heterocycles. The summed E-state index contributed by atoms with van der Waals surface area (Å²) in [5, 5.41) is 9.37. The Labute approximate surface area is 113 Å². The van der Waals surface area contributed by atoms with Gasteiger partial charge in [0, 0.05) is 12.7 Å². The Morgan fingerprint density at radius 3 is 2.47 bits per heavy atom. The predicted octanol–water partition coefficient (Wildman–Crippen LogP) is 3.15. The Balaban J connectivity index is 2.58. The van der Waals surface area contributed by atoms with Gasteiger partial charge in [0.25, 0.3) is 0 Å². The molecule has 1 aromatic rings. The van der Waals surface area contributed by atoms with E-state index in [1.54, 1.807) is 0 Å². The van der Waals surface area contributed by atoms with Gasteiger partial charge in [-0.15, -0.1) is 0 Å². The van der Waals surface area contributed by atoms with Crippen LogP contribution in [0.3, 0.4) is 0 Å². The number of carbonyl (C=O) groups excluding carboxylic acids is 1. The van der Waals surface area contributed by atoms with Crippen LogP contribution in [-0.4, -0.2) is 21.9 Å². The molecule has 0 atom stereocenters. The van der Waals surface area contributed by atoms with Crippen LogP contribution in [0.5, 0.6) is 0 Å². The topological polar surface area (TPSA) is 59.3 Å². The van der Waals surface area contributed by atoms with Gasteiger partial charge in [-0.3, -0.25) is 4.79 Å². The van der Waals surface area contributed by atoms with Gasteiger partial charge in [-0.2, -0.15) is 0 Å². The average Bonchev–Trinajstić information content (AvgIpc) is 2.71. The van der Waals surface area contributed by atoms with E-state index >= 15 is 0 Å². The van der Waals surface area contributed by atoms with Gasteiger partial charge in [-0.25, -0.2) is 4.79 Å². The summed E-state index contributed by atoms with van der Waals surface area (Å²) >= 11 is 0. The molecule has 1 fully saturated rings. The lowest BCUT2D eigenvalue weighted by Gasteiger charge is -2.24. The van der Waals surface area contributed by atoms with E-state index in [-0.39, 0.29) is 5.56 Å². The van der Waals surface area contributed by atoms with E-state index < -0.39 is 5.97 Å². The van der Waals surface area contributed by atoms with Crippen molar-refractivity contribution in [1.29, 1.82) is 0 Å². The molecule has 1 N–H and O–H groups in total. The largest absolute Gasteiger partial charge is 0.478 e. The molecule has 1 aromatic heterocycles. The minimum Gasteiger partial charge on any atom is -0.478 e. The molecule has 1 saturated carbocycles. The fraction of sp³-hybridized carbons (Fsp3) is 0.600. The first-order valence-corrected chi connectivity index (χ1v) is 7.01. The molecule has 19 heavy (non-hydrogen) atoms. The molecule has 0 saturated heterocycles. The zero-order valence-corrected chi connectivity index (χ0v) is 11.6. The highest BCUT2D eigenvalue weighted by molar-refractivity contribution is 5.98. The van der Waals surface area contributed by atoms with E-state index in [0.29, 0.717) is 24.3 Å². The van der Waals surface area contributed by atoms with Crippen LogP contribution in [0.25, 0.3) is 0 Å². The summed E-state index contributed by atoms with van der Waals surface area (Å²) < 4.78 is 1.81. The van der Waals surface area contributed by atoms with E-state index in [1.807, 2.05) is 18.5 Å². The number of aldehydes is 1. The van der Waals surface area contributed by atoms with Crippen LogP contribution in [0.15, 0.2) is 0 Å². The molecular formula is C15H21NO3. The summed E-state index contributed by atoms with van der Waals surface area (Å²) in [7, 11) is 1.82. The van der Waals surface area contributed by atoms with Crippen LogP contribution in [0.4, 0.5) is 0 Å². The van der Waals surface area contributed by atoms with E-state index in [2.05, 4.69) is 0 Å². The molecule has 2 rings (SSSR count). The van der Waals surface area contributed by atoms with Gasteiger partial charge in [0.1, 0.15) is 0 Å². The standard InChI is InChI=1S/C15H21NO3/c1-3-11-13(15(18)19)12(9-17)16(2)14(11)10-7-5-4-6-8-10/h9-10H,3-8H2,1-2H3,(H,18,19). The van der Waals surface area contributed by atoms with Crippen molar-refractivity contribution in [2.45, 2.75) is 51.4 Å². The van der Waals surface area contributed by atoms with E-state index in [4.69, 9.17) is 0 Å². The van der Waals surface area contributed by atoms with Crippen molar-refractivity contribution in [3.63, 3.8) is 0 Å². The Hall–Kier alpha value is -1.58. The molecule has 4 heteroatoms. The minimum absolute atomic E-state index is 0.209. The molecule has 1 aliphatic rings. The van der Waals surface area contributed by atoms with Crippen molar-refractivity contribution in [3.05, 3.63) is 22.5 Å². The van der Waals surface area contributed by atoms with Crippen molar-refractivity contribution < 1.29 is 14.7 Å². The molecule has 0 aliphatic heterocycles. The molecule has 0 amide bonds. The first-order chi connectivity index (χ1) is 9.11. The summed E-state index contributed by atoms with van der Waals surface area (Å²) in [4.78, 5) is 22.7. The molecule has 4 nitrogen and oxygen atoms in total. The zero-order chi connectivity index (χ0) is 14.0. The van der Waals surface area contributed by atoms with Gasteiger partial charge in [0.05, 0.1) is 11.3 Å². The molecule has 0 radical (unpaired) electrons. The lowest BCUT2D eigenvalue weighted by atomic mass is 9.84. The zero-order valence-electron chi connectivity index (χ0n) is 11.6. The van der Waals surface area contributed by atoms with Crippen LogP contribution < -0.4 is 0 Å². The number of nitrogens with zero attached hydrogens (tertiary/aromatic N) is 1. The second kappa shape index (κ2) is 5.59. The average molecular weight is 263 g/mol. The van der Waals surface area contributed by atoms with E-state index in [9.17, 15) is 14.7 Å². The molecule has 0 bridgehead atoms. The van der Waals surface area contributed by atoms with Crippen LogP contribution >= 0.6 is 0 Å². The van der Waals surface area contributed by atoms with Crippen LogP contribution in [0.2, 0.25) is 0 Å². The fourth-order valence-corrected chi connectivity index (χ4v) is 3.41. The number of hydrogen-bond acceptors (Lipinski definition) is 2. The summed E-state index contributed by atoms with van der Waals surface area (Å²) in [5.41, 5.74) is 2.44. The Morgan fingerprint density at radius 2 is 2.00 bits per heavy atom. The van der Waals surface area contributed by atoms with Crippen LogP contribution in [-0.2, 0) is 13.5 Å². The van der Waals surface area contributed by atoms with Crippen molar-refractivity contribution >= 4 is 12.3 Å². The quantitative estimate of drug-likeness (QED) is 0.849. The maximum Gasteiger partial charge on any atom is 0.338 e. The van der Waals surface area contributed by atoms with E-state index in [0.717, 1.165) is 24.1 Å². The van der Waals surface area contributed by atoms with Crippen molar-refractivity contribution in [1.82, 2.24) is 4.57 Å². The fourth-order valence-electron chi connectivity index (χ4n) is 3.41. The lowest BCUT2D eigenvalue weighted by molar-refractivity contribution is 0.0692. The molecule has 0 spiro atoms. The Morgan fingerprint density at radius 1 is 1.37 bits per heavy atom. The minimum atomic E-state index is -0.989. The third-order valence-electron chi connectivity index (χ3n) is 4.26. The summed E-state index contributed by atoms with van der Waals surface area (Å²) in [6.07, 6.45) is 7.18. The molecular weight excluding hydrogens is 242 g/mol. The third kappa shape index (κ3) is 2.31. The van der Waals surface area contributed by atoms with Crippen LogP contribution in [0, 0.1) is 0 Å². The number of aromatic nitrogens is 1. The molecule has 1 aliphatic carbocycles. The van der Waals surface area contributed by atoms with Gasteiger partial charge in [0.2, 0.25) is 0 Å². The first kappa shape index (κ1) is 13.8. The highest BCUT2D eigenvalue weighted by atomic mass is 16.4. The normalized spacial score (nSPS) is 16.5. The summed E-state index contributed by atoms with van der Waals surface area (Å²) in [5.74, 6) is -0.586. The number of carbonyl (C=O) groups is 2. The number of hydrogen-bond donors (Lipinski definition) is 1. The smallest absolute Gasteiger partial charge is 0.338 e. The first-order valence-electron chi connectivity index (χ1n) is 7.01. The lowest BCUT2D eigenvalue weighted by Crippen LogP contribution is -2.11. The summed E-state index contributed by atoms with van der Waals surface area (Å²) in [6.45, 7) is 1.96. The highest BCUT2D eigenvalue weighted by Crippen LogP contribution is 2.37. The van der Waals surface area contributed by atoms with Gasteiger partial charge < -0.3 is 9.67 Å². The molecule has 0 unspecified atom stereocenters. The van der Waals surface area contributed by atoms with Crippen molar-refractivity contribution in [2.75, 3.05) is 0 Å². The van der Waals surface area contributed by atoms with Gasteiger partial charge >= 0.3 is 5.97 Å². The Bertz CT molecular complexity index is 496. The number of aromatic carboxylic acids is 1. The molecule has 0 aromatic carbocycles. The monoisotopic (exact) mass is 263 g/mol. The third-order valence-corrected chi connectivity index (χ3v) is 4.26. The number of carboxylic acids is 1. The summed E-state index contributed by atoms with van der Waals surface area (Å²) in [6, 6.07) is 0. The van der Waals surface area contributed by atoms with Crippen molar-refractivity contribution in [3.8, 4) is 0 Å². The molecule has 104 valence electrons.